The Morgan fingerprint density at radius 3 is 3.00 bits per heavy atom. The first kappa shape index (κ1) is 10.2. The molecule has 0 amide bonds. The van der Waals surface area contributed by atoms with E-state index in [1.165, 1.54) is 30.5 Å². The van der Waals surface area contributed by atoms with Crippen molar-refractivity contribution in [1.29, 1.82) is 0 Å². The zero-order valence-electron chi connectivity index (χ0n) is 9.83. The van der Waals surface area contributed by atoms with E-state index >= 15 is 0 Å². The number of aryl methyl sites for hydroxylation is 1. The molecule has 3 rings (SSSR count). The van der Waals surface area contributed by atoms with E-state index in [0.717, 1.165) is 24.6 Å². The van der Waals surface area contributed by atoms with Crippen molar-refractivity contribution in [2.24, 2.45) is 5.92 Å². The minimum absolute atomic E-state index is 0.343. The summed E-state index contributed by atoms with van der Waals surface area (Å²) < 4.78 is 5.90. The third kappa shape index (κ3) is 2.22. The minimum Gasteiger partial charge on any atom is -0.488 e. The molecule has 1 N–H and O–H groups in total. The van der Waals surface area contributed by atoms with E-state index in [2.05, 4.69) is 30.4 Å². The van der Waals surface area contributed by atoms with Crippen molar-refractivity contribution in [1.82, 2.24) is 5.32 Å². The lowest BCUT2D eigenvalue weighted by Gasteiger charge is -2.11. The number of rotatable bonds is 4. The highest BCUT2D eigenvalue weighted by atomic mass is 16.5. The number of hydrogen-bond donors (Lipinski definition) is 1. The van der Waals surface area contributed by atoms with Gasteiger partial charge in [0.2, 0.25) is 0 Å². The van der Waals surface area contributed by atoms with Gasteiger partial charge in [0.1, 0.15) is 11.9 Å². The maximum Gasteiger partial charge on any atom is 0.123 e. The third-order valence-corrected chi connectivity index (χ3v) is 3.46. The Bertz CT molecular complexity index is 384. The highest BCUT2D eigenvalue weighted by molar-refractivity contribution is 5.40. The largest absolute Gasteiger partial charge is 0.488 e. The Morgan fingerprint density at radius 1 is 1.31 bits per heavy atom. The zero-order valence-corrected chi connectivity index (χ0v) is 9.83. The molecule has 1 fully saturated rings. The van der Waals surface area contributed by atoms with Crippen LogP contribution in [0.4, 0.5) is 0 Å². The molecule has 2 nitrogen and oxygen atoms in total. The topological polar surface area (TPSA) is 21.3 Å². The lowest BCUT2D eigenvalue weighted by Crippen LogP contribution is -2.31. The smallest absolute Gasteiger partial charge is 0.123 e. The Kier molecular flexibility index (Phi) is 2.60. The predicted octanol–water partition coefficient (Wildman–Crippen LogP) is 2.30. The fourth-order valence-electron chi connectivity index (χ4n) is 2.33. The van der Waals surface area contributed by atoms with Gasteiger partial charge in [0.15, 0.2) is 0 Å². The van der Waals surface area contributed by atoms with Crippen LogP contribution in [-0.4, -0.2) is 19.2 Å². The van der Waals surface area contributed by atoms with Gasteiger partial charge in [-0.05, 0) is 43.9 Å². The molecule has 1 aliphatic heterocycles. The SMILES string of the molecule is Cc1ccc2c(c1)CC(CNCC1CC1)O2. The van der Waals surface area contributed by atoms with Crippen LogP contribution < -0.4 is 10.1 Å². The van der Waals surface area contributed by atoms with E-state index < -0.39 is 0 Å². The van der Waals surface area contributed by atoms with Gasteiger partial charge in [-0.3, -0.25) is 0 Å². The van der Waals surface area contributed by atoms with Gasteiger partial charge in [-0.25, -0.2) is 0 Å². The van der Waals surface area contributed by atoms with Crippen LogP contribution in [0.15, 0.2) is 18.2 Å². The van der Waals surface area contributed by atoms with Crippen LogP contribution >= 0.6 is 0 Å². The van der Waals surface area contributed by atoms with Crippen LogP contribution in [0.25, 0.3) is 0 Å². The van der Waals surface area contributed by atoms with Crippen LogP contribution in [0.5, 0.6) is 5.75 Å². The number of hydrogen-bond acceptors (Lipinski definition) is 2. The Morgan fingerprint density at radius 2 is 2.19 bits per heavy atom. The molecule has 1 aromatic carbocycles. The van der Waals surface area contributed by atoms with Crippen molar-refractivity contribution in [3.8, 4) is 5.75 Å². The molecule has 0 spiro atoms. The average molecular weight is 217 g/mol. The van der Waals surface area contributed by atoms with Crippen LogP contribution in [0.2, 0.25) is 0 Å². The summed E-state index contributed by atoms with van der Waals surface area (Å²) in [4.78, 5) is 0. The number of nitrogens with one attached hydrogen (secondary N) is 1. The highest BCUT2D eigenvalue weighted by Gasteiger charge is 2.24. The maximum atomic E-state index is 5.90. The molecule has 1 atom stereocenters. The Hall–Kier alpha value is -1.02. The molecule has 2 aliphatic rings. The summed E-state index contributed by atoms with van der Waals surface area (Å²) in [6.07, 6.45) is 4.24. The fourth-order valence-corrected chi connectivity index (χ4v) is 2.33. The minimum atomic E-state index is 0.343. The van der Waals surface area contributed by atoms with Gasteiger partial charge in [-0.2, -0.15) is 0 Å². The van der Waals surface area contributed by atoms with Gasteiger partial charge in [0.25, 0.3) is 0 Å². The van der Waals surface area contributed by atoms with Crippen molar-refractivity contribution in [3.63, 3.8) is 0 Å². The van der Waals surface area contributed by atoms with Crippen molar-refractivity contribution < 1.29 is 4.74 Å². The van der Waals surface area contributed by atoms with Crippen molar-refractivity contribution in [3.05, 3.63) is 29.3 Å². The van der Waals surface area contributed by atoms with Gasteiger partial charge >= 0.3 is 0 Å². The molecule has 2 heteroatoms. The standard InChI is InChI=1S/C14H19NO/c1-10-2-5-14-12(6-10)7-13(16-14)9-15-8-11-3-4-11/h2,5-6,11,13,15H,3-4,7-9H2,1H3. The van der Waals surface area contributed by atoms with Crippen molar-refractivity contribution in [2.45, 2.75) is 32.3 Å². The summed E-state index contributed by atoms with van der Waals surface area (Å²) in [7, 11) is 0. The van der Waals surface area contributed by atoms with Crippen LogP contribution in [-0.2, 0) is 6.42 Å². The fraction of sp³-hybridized carbons (Fsp3) is 0.571. The monoisotopic (exact) mass is 217 g/mol. The quantitative estimate of drug-likeness (QED) is 0.835. The van der Waals surface area contributed by atoms with Crippen molar-refractivity contribution >= 4 is 0 Å². The zero-order chi connectivity index (χ0) is 11.0. The Balaban J connectivity index is 1.53. The maximum absolute atomic E-state index is 5.90. The number of ether oxygens (including phenoxy) is 1. The molecule has 0 bridgehead atoms. The summed E-state index contributed by atoms with van der Waals surface area (Å²) in [6.45, 7) is 4.30. The molecule has 1 saturated carbocycles. The van der Waals surface area contributed by atoms with Gasteiger partial charge in [0, 0.05) is 13.0 Å². The van der Waals surface area contributed by atoms with E-state index in [1.54, 1.807) is 0 Å². The first-order valence-electron chi connectivity index (χ1n) is 6.28. The summed E-state index contributed by atoms with van der Waals surface area (Å²) in [6, 6.07) is 6.47. The molecule has 1 unspecified atom stereocenters. The predicted molar refractivity (Wildman–Crippen MR) is 64.9 cm³/mol. The molecule has 0 saturated heterocycles. The second-order valence-electron chi connectivity index (χ2n) is 5.16. The molecule has 0 aromatic heterocycles. The van der Waals surface area contributed by atoms with E-state index in [0.29, 0.717) is 6.10 Å². The molecular formula is C14H19NO. The molecular weight excluding hydrogens is 198 g/mol. The summed E-state index contributed by atoms with van der Waals surface area (Å²) in [5.41, 5.74) is 2.70. The van der Waals surface area contributed by atoms with E-state index in [9.17, 15) is 0 Å². The molecule has 1 heterocycles. The summed E-state index contributed by atoms with van der Waals surface area (Å²) in [5, 5.41) is 3.51. The molecule has 1 aromatic rings. The Labute approximate surface area is 97.0 Å². The van der Waals surface area contributed by atoms with Gasteiger partial charge in [-0.15, -0.1) is 0 Å². The van der Waals surface area contributed by atoms with Crippen LogP contribution in [0.3, 0.4) is 0 Å². The molecule has 0 radical (unpaired) electrons. The van der Waals surface area contributed by atoms with Crippen LogP contribution in [0.1, 0.15) is 24.0 Å². The molecule has 86 valence electrons. The van der Waals surface area contributed by atoms with Gasteiger partial charge in [0.05, 0.1) is 0 Å². The summed E-state index contributed by atoms with van der Waals surface area (Å²) in [5.74, 6) is 2.04. The summed E-state index contributed by atoms with van der Waals surface area (Å²) >= 11 is 0. The van der Waals surface area contributed by atoms with E-state index in [-0.39, 0.29) is 0 Å². The van der Waals surface area contributed by atoms with E-state index in [1.807, 2.05) is 0 Å². The number of fused-ring (bicyclic) bond motifs is 1. The molecule has 1 aliphatic carbocycles. The normalized spacial score (nSPS) is 22.9. The van der Waals surface area contributed by atoms with Crippen LogP contribution in [0, 0.1) is 12.8 Å². The highest BCUT2D eigenvalue weighted by Crippen LogP contribution is 2.30. The molecule has 16 heavy (non-hydrogen) atoms. The van der Waals surface area contributed by atoms with Gasteiger partial charge in [-0.1, -0.05) is 17.7 Å². The lowest BCUT2D eigenvalue weighted by atomic mass is 10.1. The first-order valence-corrected chi connectivity index (χ1v) is 6.28. The van der Waals surface area contributed by atoms with Crippen molar-refractivity contribution in [2.75, 3.05) is 13.1 Å². The second-order valence-corrected chi connectivity index (χ2v) is 5.16. The third-order valence-electron chi connectivity index (χ3n) is 3.46. The number of benzene rings is 1. The lowest BCUT2D eigenvalue weighted by molar-refractivity contribution is 0.227. The second kappa shape index (κ2) is 4.10. The van der Waals surface area contributed by atoms with E-state index in [4.69, 9.17) is 4.74 Å². The first-order chi connectivity index (χ1) is 7.81. The average Bonchev–Trinajstić information content (AvgIpc) is 2.98. The van der Waals surface area contributed by atoms with Gasteiger partial charge < -0.3 is 10.1 Å².